The number of carbonyl (C=O) groups excluding carboxylic acids is 2. The Hall–Kier alpha value is -1.93. The Morgan fingerprint density at radius 3 is 2.50 bits per heavy atom. The molecule has 1 amide bonds. The second kappa shape index (κ2) is 10.6. The molecule has 1 aromatic carbocycles. The highest BCUT2D eigenvalue weighted by Gasteiger charge is 2.23. The third-order valence-corrected chi connectivity index (χ3v) is 6.24. The number of amides is 1. The van der Waals surface area contributed by atoms with Gasteiger partial charge in [-0.15, -0.1) is 0 Å². The second-order valence-corrected chi connectivity index (χ2v) is 8.94. The number of rotatable bonds is 8. The topological polar surface area (TPSA) is 102 Å². The van der Waals surface area contributed by atoms with Crippen molar-refractivity contribution < 1.29 is 22.7 Å². The maximum atomic E-state index is 12.4. The van der Waals surface area contributed by atoms with Crippen LogP contribution in [0.25, 0.3) is 0 Å². The van der Waals surface area contributed by atoms with Crippen LogP contribution in [-0.2, 0) is 19.6 Å². The van der Waals surface area contributed by atoms with E-state index in [-0.39, 0.29) is 22.4 Å². The Morgan fingerprint density at radius 2 is 1.86 bits per heavy atom. The Bertz CT molecular complexity index is 771. The molecule has 8 heteroatoms. The van der Waals surface area contributed by atoms with E-state index < -0.39 is 22.1 Å². The van der Waals surface area contributed by atoms with Crippen molar-refractivity contribution in [1.82, 2.24) is 10.0 Å². The van der Waals surface area contributed by atoms with Crippen molar-refractivity contribution in [2.75, 3.05) is 6.54 Å². The van der Waals surface area contributed by atoms with Crippen molar-refractivity contribution in [3.8, 4) is 0 Å². The van der Waals surface area contributed by atoms with Gasteiger partial charge in [0.05, 0.1) is 10.5 Å². The van der Waals surface area contributed by atoms with Gasteiger partial charge in [-0.25, -0.2) is 17.9 Å². The van der Waals surface area contributed by atoms with Crippen LogP contribution in [-0.4, -0.2) is 39.0 Å². The summed E-state index contributed by atoms with van der Waals surface area (Å²) in [5, 5.41) is 2.95. The van der Waals surface area contributed by atoms with Gasteiger partial charge >= 0.3 is 5.97 Å². The van der Waals surface area contributed by atoms with Crippen molar-refractivity contribution in [1.29, 1.82) is 0 Å². The third-order valence-electron chi connectivity index (χ3n) is 4.78. The molecule has 1 aliphatic rings. The van der Waals surface area contributed by atoms with Crippen molar-refractivity contribution in [3.63, 3.8) is 0 Å². The average molecular weight is 411 g/mol. The highest BCUT2D eigenvalue weighted by molar-refractivity contribution is 7.89. The Morgan fingerprint density at radius 1 is 1.18 bits per heavy atom. The zero-order valence-corrected chi connectivity index (χ0v) is 17.4. The zero-order chi connectivity index (χ0) is 20.6. The number of benzene rings is 1. The van der Waals surface area contributed by atoms with Crippen LogP contribution >= 0.6 is 0 Å². The van der Waals surface area contributed by atoms with Crippen LogP contribution < -0.4 is 10.0 Å². The first-order valence-electron chi connectivity index (χ1n) is 9.94. The van der Waals surface area contributed by atoms with Crippen LogP contribution in [0.3, 0.4) is 0 Å². The lowest BCUT2D eigenvalue weighted by molar-refractivity contribution is -0.129. The summed E-state index contributed by atoms with van der Waals surface area (Å²) in [4.78, 5) is 24.7. The van der Waals surface area contributed by atoms with Crippen LogP contribution in [0, 0.1) is 0 Å². The van der Waals surface area contributed by atoms with Crippen molar-refractivity contribution in [3.05, 3.63) is 29.8 Å². The van der Waals surface area contributed by atoms with Crippen LogP contribution in [0.15, 0.2) is 29.2 Å². The van der Waals surface area contributed by atoms with Gasteiger partial charge in [0.2, 0.25) is 10.0 Å². The number of carbonyl (C=O) groups is 2. The fourth-order valence-corrected chi connectivity index (χ4v) is 4.31. The van der Waals surface area contributed by atoms with E-state index in [1.807, 2.05) is 6.92 Å². The molecule has 28 heavy (non-hydrogen) atoms. The summed E-state index contributed by atoms with van der Waals surface area (Å²) < 4.78 is 32.1. The fraction of sp³-hybridized carbons (Fsp3) is 0.600. The lowest BCUT2D eigenvalue weighted by Gasteiger charge is -2.19. The largest absolute Gasteiger partial charge is 0.449 e. The maximum Gasteiger partial charge on any atom is 0.338 e. The minimum absolute atomic E-state index is 0.00837. The zero-order valence-electron chi connectivity index (χ0n) is 16.6. The molecule has 156 valence electrons. The highest BCUT2D eigenvalue weighted by atomic mass is 32.2. The maximum absolute atomic E-state index is 12.4. The number of esters is 1. The Labute approximate surface area is 167 Å². The van der Waals surface area contributed by atoms with Crippen LogP contribution in [0.4, 0.5) is 0 Å². The van der Waals surface area contributed by atoms with Gasteiger partial charge in [-0.05, 0) is 44.4 Å². The quantitative estimate of drug-likeness (QED) is 0.507. The van der Waals surface area contributed by atoms with E-state index in [4.69, 9.17) is 4.74 Å². The molecule has 0 bridgehead atoms. The van der Waals surface area contributed by atoms with Gasteiger partial charge in [0, 0.05) is 12.6 Å². The van der Waals surface area contributed by atoms with Gasteiger partial charge in [0.25, 0.3) is 5.91 Å². The smallest absolute Gasteiger partial charge is 0.338 e. The fourth-order valence-electron chi connectivity index (χ4n) is 3.13. The molecule has 1 saturated carbocycles. The van der Waals surface area contributed by atoms with Gasteiger partial charge in [-0.3, -0.25) is 4.79 Å². The monoisotopic (exact) mass is 410 g/mol. The Balaban J connectivity index is 1.97. The molecule has 1 atom stereocenters. The lowest BCUT2D eigenvalue weighted by atomic mass is 10.1. The first kappa shape index (κ1) is 22.4. The average Bonchev–Trinajstić information content (AvgIpc) is 2.95. The van der Waals surface area contributed by atoms with Crippen molar-refractivity contribution in [2.24, 2.45) is 0 Å². The summed E-state index contributed by atoms with van der Waals surface area (Å²) in [6, 6.07) is 5.74. The van der Waals surface area contributed by atoms with Crippen molar-refractivity contribution in [2.45, 2.75) is 75.8 Å². The summed E-state index contributed by atoms with van der Waals surface area (Å²) >= 11 is 0. The van der Waals surface area contributed by atoms with Crippen LogP contribution in [0.2, 0.25) is 0 Å². The van der Waals surface area contributed by atoms with Gasteiger partial charge in [-0.2, -0.15) is 0 Å². The predicted octanol–water partition coefficient (Wildman–Crippen LogP) is 2.76. The molecule has 0 aromatic heterocycles. The summed E-state index contributed by atoms with van der Waals surface area (Å²) in [6.45, 7) is 3.69. The molecular weight excluding hydrogens is 380 g/mol. The SMILES string of the molecule is CCCNS(=O)(=O)c1cccc(C(=O)O[C@H](C)C(=O)NC2CCCCCC2)c1. The minimum atomic E-state index is -3.68. The molecule has 2 rings (SSSR count). The predicted molar refractivity (Wildman–Crippen MR) is 106 cm³/mol. The van der Waals surface area contributed by atoms with Gasteiger partial charge in [-0.1, -0.05) is 38.7 Å². The number of hydrogen-bond donors (Lipinski definition) is 2. The first-order chi connectivity index (χ1) is 13.3. The van der Waals surface area contributed by atoms with E-state index in [0.717, 1.165) is 25.7 Å². The molecule has 0 aliphatic heterocycles. The molecule has 1 aromatic rings. The summed E-state index contributed by atoms with van der Waals surface area (Å²) in [6.07, 6.45) is 6.14. The Kier molecular flexibility index (Phi) is 8.44. The van der Waals surface area contributed by atoms with Crippen molar-refractivity contribution >= 4 is 21.9 Å². The molecule has 1 aliphatic carbocycles. The summed E-state index contributed by atoms with van der Waals surface area (Å²) in [5.41, 5.74) is 0.0912. The number of hydrogen-bond acceptors (Lipinski definition) is 5. The van der Waals surface area contributed by atoms with Crippen LogP contribution in [0.1, 0.15) is 69.2 Å². The van der Waals surface area contributed by atoms with E-state index >= 15 is 0 Å². The van der Waals surface area contributed by atoms with E-state index in [0.29, 0.717) is 13.0 Å². The van der Waals surface area contributed by atoms with Crippen LogP contribution in [0.5, 0.6) is 0 Å². The molecule has 0 saturated heterocycles. The third kappa shape index (κ3) is 6.60. The summed E-state index contributed by atoms with van der Waals surface area (Å²) in [7, 11) is -3.68. The molecule has 0 unspecified atom stereocenters. The van der Waals surface area contributed by atoms with E-state index in [1.165, 1.54) is 44.0 Å². The number of ether oxygens (including phenoxy) is 1. The molecule has 0 spiro atoms. The van der Waals surface area contributed by atoms with E-state index in [2.05, 4.69) is 10.0 Å². The van der Waals surface area contributed by atoms with E-state index in [9.17, 15) is 18.0 Å². The van der Waals surface area contributed by atoms with E-state index in [1.54, 1.807) is 0 Å². The first-order valence-corrected chi connectivity index (χ1v) is 11.4. The molecule has 1 fully saturated rings. The standard InChI is InChI=1S/C20H30N2O5S/c1-3-13-21-28(25,26)18-12-8-9-16(14-18)20(24)27-15(2)19(23)22-17-10-6-4-5-7-11-17/h8-9,12,14-15,17,21H,3-7,10-11,13H2,1-2H3,(H,22,23)/t15-/m1/s1. The summed E-state index contributed by atoms with van der Waals surface area (Å²) in [5.74, 6) is -1.05. The molecule has 2 N–H and O–H groups in total. The molecule has 0 heterocycles. The van der Waals surface area contributed by atoms with Gasteiger partial charge in [0.1, 0.15) is 0 Å². The lowest BCUT2D eigenvalue weighted by Crippen LogP contribution is -2.41. The normalized spacial score (nSPS) is 16.8. The second-order valence-electron chi connectivity index (χ2n) is 7.17. The van der Waals surface area contributed by atoms with Gasteiger partial charge < -0.3 is 10.1 Å². The molecule has 0 radical (unpaired) electrons. The number of sulfonamides is 1. The minimum Gasteiger partial charge on any atom is -0.449 e. The molecule has 7 nitrogen and oxygen atoms in total. The number of nitrogens with one attached hydrogen (secondary N) is 2. The molecular formula is C20H30N2O5S. The highest BCUT2D eigenvalue weighted by Crippen LogP contribution is 2.18. The van der Waals surface area contributed by atoms with Gasteiger partial charge in [0.15, 0.2) is 6.10 Å².